The molecular weight excluding hydrogens is 440 g/mol. The maximum atomic E-state index is 13.2. The second-order valence-electron chi connectivity index (χ2n) is 10.2. The first-order chi connectivity index (χ1) is 16.5. The van der Waals surface area contributed by atoms with Gasteiger partial charge in [-0.25, -0.2) is 0 Å². The molecular formula is C29H36N2O4. The van der Waals surface area contributed by atoms with E-state index in [0.29, 0.717) is 31.0 Å². The summed E-state index contributed by atoms with van der Waals surface area (Å²) < 4.78 is 5.59. The van der Waals surface area contributed by atoms with Crippen molar-refractivity contribution in [3.05, 3.63) is 82.9 Å². The molecule has 1 amide bonds. The van der Waals surface area contributed by atoms with Crippen molar-refractivity contribution < 1.29 is 19.4 Å². The van der Waals surface area contributed by atoms with Crippen LogP contribution in [0.2, 0.25) is 0 Å². The Balaban J connectivity index is 2.12. The summed E-state index contributed by atoms with van der Waals surface area (Å²) in [6.45, 7) is 13.2. The van der Waals surface area contributed by atoms with Gasteiger partial charge in [-0.1, -0.05) is 57.7 Å². The molecule has 1 fully saturated rings. The van der Waals surface area contributed by atoms with E-state index >= 15 is 0 Å². The number of hydrogen-bond acceptors (Lipinski definition) is 5. The topological polar surface area (TPSA) is 70.1 Å². The van der Waals surface area contributed by atoms with Gasteiger partial charge in [0, 0.05) is 18.7 Å². The maximum absolute atomic E-state index is 13.2. The molecule has 6 heteroatoms. The van der Waals surface area contributed by atoms with Gasteiger partial charge in [-0.3, -0.25) is 9.59 Å². The van der Waals surface area contributed by atoms with Crippen LogP contribution >= 0.6 is 0 Å². The number of benzene rings is 2. The quantitative estimate of drug-likeness (QED) is 0.256. The lowest BCUT2D eigenvalue weighted by atomic mass is 9.85. The minimum absolute atomic E-state index is 0.0300. The van der Waals surface area contributed by atoms with E-state index in [2.05, 4.69) is 27.4 Å². The van der Waals surface area contributed by atoms with E-state index in [1.54, 1.807) is 29.2 Å². The van der Waals surface area contributed by atoms with Gasteiger partial charge < -0.3 is 19.6 Å². The minimum Gasteiger partial charge on any atom is -0.507 e. The number of aryl methyl sites for hydroxylation is 1. The van der Waals surface area contributed by atoms with Gasteiger partial charge >= 0.3 is 0 Å². The Bertz CT molecular complexity index is 1140. The number of carbonyl (C=O) groups excluding carboxylic acids is 2. The van der Waals surface area contributed by atoms with E-state index in [-0.39, 0.29) is 16.7 Å². The van der Waals surface area contributed by atoms with Crippen LogP contribution in [0.4, 0.5) is 0 Å². The summed E-state index contributed by atoms with van der Waals surface area (Å²) in [6.07, 6.45) is 1.66. The van der Waals surface area contributed by atoms with Crippen molar-refractivity contribution in [2.24, 2.45) is 0 Å². The standard InChI is InChI=1S/C29H36N2O4/c1-8-17-35-22-13-14-23(19(2)18-22)26(32)24-25(20-9-11-21(12-10-20)29(3,4)5)31(16-15-30(6)7)28(34)27(24)33/h8-14,18,25,32H,1,15-17H2,2-7H3/t25-/m1/s1. The number of Topliss-reactive ketones (excluding diaryl/α,β-unsaturated/α-hetero) is 1. The molecule has 186 valence electrons. The first-order valence-corrected chi connectivity index (χ1v) is 11.8. The third kappa shape index (κ3) is 5.65. The van der Waals surface area contributed by atoms with E-state index < -0.39 is 17.7 Å². The number of aliphatic hydroxyl groups excluding tert-OH is 1. The van der Waals surface area contributed by atoms with E-state index in [1.807, 2.05) is 50.2 Å². The average Bonchev–Trinajstić information content (AvgIpc) is 3.05. The Morgan fingerprint density at radius 1 is 1.14 bits per heavy atom. The number of ketones is 1. The molecule has 2 aromatic carbocycles. The third-order valence-electron chi connectivity index (χ3n) is 6.24. The van der Waals surface area contributed by atoms with E-state index in [1.165, 1.54) is 0 Å². The van der Waals surface area contributed by atoms with Crippen molar-refractivity contribution >= 4 is 17.4 Å². The fourth-order valence-electron chi connectivity index (χ4n) is 4.22. The number of aliphatic hydroxyl groups is 1. The zero-order valence-electron chi connectivity index (χ0n) is 21.6. The maximum Gasteiger partial charge on any atom is 0.295 e. The molecule has 0 radical (unpaired) electrons. The van der Waals surface area contributed by atoms with E-state index in [9.17, 15) is 14.7 Å². The summed E-state index contributed by atoms with van der Waals surface area (Å²) in [4.78, 5) is 29.9. The molecule has 6 nitrogen and oxygen atoms in total. The highest BCUT2D eigenvalue weighted by Crippen LogP contribution is 2.40. The summed E-state index contributed by atoms with van der Waals surface area (Å²) in [7, 11) is 3.84. The van der Waals surface area contributed by atoms with Crippen molar-refractivity contribution in [3.8, 4) is 5.75 Å². The molecule has 0 bridgehead atoms. The molecule has 1 heterocycles. The SMILES string of the molecule is C=CCOc1ccc(C(O)=C2C(=O)C(=O)N(CCN(C)C)[C@@H]2c2ccc(C(C)(C)C)cc2)c(C)c1. The lowest BCUT2D eigenvalue weighted by Crippen LogP contribution is -2.35. The number of amides is 1. The zero-order chi connectivity index (χ0) is 25.9. The third-order valence-corrected chi connectivity index (χ3v) is 6.24. The molecule has 35 heavy (non-hydrogen) atoms. The van der Waals surface area contributed by atoms with Gasteiger partial charge in [-0.2, -0.15) is 0 Å². The van der Waals surface area contributed by atoms with Crippen molar-refractivity contribution in [3.63, 3.8) is 0 Å². The first-order valence-electron chi connectivity index (χ1n) is 11.8. The lowest BCUT2D eigenvalue weighted by Gasteiger charge is -2.27. The molecule has 0 aliphatic carbocycles. The second kappa shape index (κ2) is 10.5. The fourth-order valence-corrected chi connectivity index (χ4v) is 4.22. The van der Waals surface area contributed by atoms with Gasteiger partial charge in [0.25, 0.3) is 11.7 Å². The van der Waals surface area contributed by atoms with Crippen molar-refractivity contribution in [2.45, 2.75) is 39.2 Å². The lowest BCUT2D eigenvalue weighted by molar-refractivity contribution is -0.140. The summed E-state index contributed by atoms with van der Waals surface area (Å²) >= 11 is 0. The normalized spacial score (nSPS) is 17.8. The Hall–Kier alpha value is -3.38. The molecule has 0 saturated carbocycles. The van der Waals surface area contributed by atoms with Crippen LogP contribution < -0.4 is 4.74 Å². The molecule has 0 aromatic heterocycles. The molecule has 1 saturated heterocycles. The Morgan fingerprint density at radius 3 is 2.34 bits per heavy atom. The predicted octanol–water partition coefficient (Wildman–Crippen LogP) is 4.84. The van der Waals surface area contributed by atoms with Crippen LogP contribution in [0.25, 0.3) is 5.76 Å². The molecule has 0 spiro atoms. The van der Waals surface area contributed by atoms with Crippen LogP contribution in [0.1, 0.15) is 49.1 Å². The van der Waals surface area contributed by atoms with Crippen LogP contribution in [-0.4, -0.2) is 60.4 Å². The Labute approximate surface area is 208 Å². The number of ether oxygens (including phenoxy) is 1. The van der Waals surface area contributed by atoms with Gasteiger partial charge in [-0.15, -0.1) is 0 Å². The monoisotopic (exact) mass is 476 g/mol. The summed E-state index contributed by atoms with van der Waals surface area (Å²) in [5, 5.41) is 11.4. The van der Waals surface area contributed by atoms with Crippen molar-refractivity contribution in [1.82, 2.24) is 9.80 Å². The smallest absolute Gasteiger partial charge is 0.295 e. The first kappa shape index (κ1) is 26.2. The number of hydrogen-bond donors (Lipinski definition) is 1. The second-order valence-corrected chi connectivity index (χ2v) is 10.2. The summed E-state index contributed by atoms with van der Waals surface area (Å²) in [5.41, 5.74) is 3.26. The highest BCUT2D eigenvalue weighted by Gasteiger charge is 2.46. The van der Waals surface area contributed by atoms with Crippen LogP contribution in [-0.2, 0) is 15.0 Å². The number of likely N-dealkylation sites (tertiary alicyclic amines) is 1. The molecule has 0 unspecified atom stereocenters. The van der Waals surface area contributed by atoms with Gasteiger partial charge in [0.15, 0.2) is 0 Å². The Kier molecular flexibility index (Phi) is 7.86. The largest absolute Gasteiger partial charge is 0.507 e. The minimum atomic E-state index is -0.669. The van der Waals surface area contributed by atoms with Gasteiger partial charge in [0.1, 0.15) is 18.1 Å². The molecule has 1 atom stereocenters. The molecule has 1 aliphatic rings. The van der Waals surface area contributed by atoms with Gasteiger partial charge in [0.05, 0.1) is 11.6 Å². The highest BCUT2D eigenvalue weighted by molar-refractivity contribution is 6.46. The number of rotatable bonds is 8. The van der Waals surface area contributed by atoms with E-state index in [4.69, 9.17) is 4.74 Å². The zero-order valence-corrected chi connectivity index (χ0v) is 21.6. The van der Waals surface area contributed by atoms with Gasteiger partial charge in [-0.05, 0) is 61.3 Å². The van der Waals surface area contributed by atoms with Crippen LogP contribution in [0.5, 0.6) is 5.75 Å². The summed E-state index contributed by atoms with van der Waals surface area (Å²) in [6, 6.07) is 12.5. The number of carbonyl (C=O) groups is 2. The molecule has 1 aliphatic heterocycles. The van der Waals surface area contributed by atoms with Crippen LogP contribution in [0, 0.1) is 6.92 Å². The van der Waals surface area contributed by atoms with Crippen molar-refractivity contribution in [1.29, 1.82) is 0 Å². The van der Waals surface area contributed by atoms with Crippen molar-refractivity contribution in [2.75, 3.05) is 33.8 Å². The molecule has 3 rings (SSSR count). The highest BCUT2D eigenvalue weighted by atomic mass is 16.5. The number of likely N-dealkylation sites (N-methyl/N-ethyl adjacent to an activating group) is 1. The van der Waals surface area contributed by atoms with Gasteiger partial charge in [0.2, 0.25) is 0 Å². The molecule has 1 N–H and O–H groups in total. The molecule has 2 aromatic rings. The summed E-state index contributed by atoms with van der Waals surface area (Å²) in [5.74, 6) is -0.799. The van der Waals surface area contributed by atoms with E-state index in [0.717, 1.165) is 16.7 Å². The average molecular weight is 477 g/mol. The van der Waals surface area contributed by atoms with Crippen LogP contribution in [0.3, 0.4) is 0 Å². The fraction of sp³-hybridized carbons (Fsp3) is 0.379. The Morgan fingerprint density at radius 2 is 1.80 bits per heavy atom. The predicted molar refractivity (Wildman–Crippen MR) is 140 cm³/mol. The number of nitrogens with zero attached hydrogens (tertiary/aromatic N) is 2. The van der Waals surface area contributed by atoms with Crippen LogP contribution in [0.15, 0.2) is 60.7 Å².